The highest BCUT2D eigenvalue weighted by molar-refractivity contribution is 7.70. The average Bonchev–Trinajstić information content (AvgIpc) is 2.91. The van der Waals surface area contributed by atoms with Crippen molar-refractivity contribution in [3.05, 3.63) is 12.3 Å². The fourth-order valence-electron chi connectivity index (χ4n) is 6.39. The summed E-state index contributed by atoms with van der Waals surface area (Å²) in [5.74, 6) is 4.23. The lowest BCUT2D eigenvalue weighted by Gasteiger charge is -2.49. The molecular formula is C19H40Si3. The Kier molecular flexibility index (Phi) is 5.41. The smallest absolute Gasteiger partial charge is 0.0638 e. The van der Waals surface area contributed by atoms with Gasteiger partial charge in [-0.25, -0.2) is 0 Å². The van der Waals surface area contributed by atoms with Gasteiger partial charge in [0.15, 0.2) is 0 Å². The molecule has 0 nitrogen and oxygen atoms in total. The van der Waals surface area contributed by atoms with Crippen molar-refractivity contribution in [2.75, 3.05) is 0 Å². The fraction of sp³-hybridized carbons (Fsp3) is 0.895. The molecule has 0 bridgehead atoms. The van der Waals surface area contributed by atoms with Crippen molar-refractivity contribution < 1.29 is 0 Å². The molecule has 2 rings (SSSR count). The molecule has 0 unspecified atom stereocenters. The first kappa shape index (κ1) is 18.7. The third-order valence-electron chi connectivity index (χ3n) is 7.68. The Bertz CT molecular complexity index is 388. The second-order valence-electron chi connectivity index (χ2n) is 10.4. The predicted molar refractivity (Wildman–Crippen MR) is 110 cm³/mol. The molecule has 0 amide bonds. The zero-order valence-corrected chi connectivity index (χ0v) is 19.3. The first-order valence-corrected chi connectivity index (χ1v) is 21.0. The van der Waals surface area contributed by atoms with Crippen molar-refractivity contribution in [3.8, 4) is 0 Å². The van der Waals surface area contributed by atoms with Crippen molar-refractivity contribution in [2.24, 2.45) is 23.7 Å². The Morgan fingerprint density at radius 3 is 2.05 bits per heavy atom. The summed E-state index contributed by atoms with van der Waals surface area (Å²) in [4.78, 5) is 0. The lowest BCUT2D eigenvalue weighted by atomic mass is 9.88. The highest BCUT2D eigenvalue weighted by Crippen LogP contribution is 2.52. The largest absolute Gasteiger partial charge is 0.107 e. The number of rotatable bonds is 6. The first-order valence-electron chi connectivity index (χ1n) is 9.67. The second-order valence-corrected chi connectivity index (χ2v) is 38.1. The standard InChI is InChI=1S/C19H40Si3/c1-9-22(20(3,4)5,21(6,7)8)14-13-17-15-18-11-10-12-19(18)16(17)2/h9,16-19H,1,10-15H2,2-8H3/t16-,17+,18+,19-/m0/s1. The van der Waals surface area contributed by atoms with Crippen LogP contribution in [0.25, 0.3) is 0 Å². The summed E-state index contributed by atoms with van der Waals surface area (Å²) in [7, 11) is -3.49. The molecular weight excluding hydrogens is 312 g/mol. The molecule has 0 aromatic heterocycles. The number of hydrogen-bond acceptors (Lipinski definition) is 0. The van der Waals surface area contributed by atoms with Crippen LogP contribution >= 0.6 is 0 Å². The highest BCUT2D eigenvalue weighted by atomic mass is 29.6. The second kappa shape index (κ2) is 6.36. The number of fused-ring (bicyclic) bond motifs is 1. The minimum Gasteiger partial charge on any atom is -0.107 e. The molecule has 0 heterocycles. The minimum absolute atomic E-state index is 1.01. The molecule has 128 valence electrons. The minimum atomic E-state index is -1.26. The fourth-order valence-corrected chi connectivity index (χ4v) is 48.4. The van der Waals surface area contributed by atoms with Crippen LogP contribution in [-0.2, 0) is 0 Å². The maximum absolute atomic E-state index is 4.42. The molecule has 0 N–H and O–H groups in total. The highest BCUT2D eigenvalue weighted by Gasteiger charge is 2.52. The maximum atomic E-state index is 4.42. The summed E-state index contributed by atoms with van der Waals surface area (Å²) in [6.45, 7) is 22.9. The Balaban J connectivity index is 2.11. The summed E-state index contributed by atoms with van der Waals surface area (Å²) in [5, 5.41) is 0. The molecule has 0 radical (unpaired) electrons. The summed E-state index contributed by atoms with van der Waals surface area (Å²) < 4.78 is 0. The third-order valence-corrected chi connectivity index (χ3v) is 47.1. The van der Waals surface area contributed by atoms with Crippen LogP contribution in [0.2, 0.25) is 45.3 Å². The molecule has 3 heteroatoms. The molecule has 0 aromatic carbocycles. The van der Waals surface area contributed by atoms with Gasteiger partial charge in [0.2, 0.25) is 0 Å². The molecule has 0 saturated heterocycles. The van der Waals surface area contributed by atoms with Gasteiger partial charge in [0.25, 0.3) is 0 Å². The van der Waals surface area contributed by atoms with Gasteiger partial charge in [0.05, 0.1) is 7.11 Å². The first-order chi connectivity index (χ1) is 10.0. The van der Waals surface area contributed by atoms with E-state index in [2.05, 4.69) is 58.5 Å². The van der Waals surface area contributed by atoms with Crippen molar-refractivity contribution in [1.82, 2.24) is 0 Å². The molecule has 2 aliphatic rings. The third kappa shape index (κ3) is 3.14. The molecule has 0 aromatic rings. The quantitative estimate of drug-likeness (QED) is 0.481. The van der Waals surface area contributed by atoms with Gasteiger partial charge in [0.1, 0.15) is 0 Å². The molecule has 2 saturated carbocycles. The van der Waals surface area contributed by atoms with Crippen LogP contribution in [0.3, 0.4) is 0 Å². The van der Waals surface area contributed by atoms with Crippen molar-refractivity contribution in [2.45, 2.75) is 84.4 Å². The topological polar surface area (TPSA) is 0 Å². The van der Waals surface area contributed by atoms with Gasteiger partial charge >= 0.3 is 0 Å². The lowest BCUT2D eigenvalue weighted by molar-refractivity contribution is 0.322. The van der Waals surface area contributed by atoms with Gasteiger partial charge in [-0.05, 0) is 36.5 Å². The van der Waals surface area contributed by atoms with Crippen LogP contribution in [0, 0.1) is 23.7 Å². The SMILES string of the molecule is C=C[Si](CC[C@@H]1C[C@H]2CCC[C@H]2[C@H]1C)([Si](C)(C)C)[Si](C)(C)C. The Morgan fingerprint density at radius 1 is 1.00 bits per heavy atom. The van der Waals surface area contributed by atoms with Gasteiger partial charge in [0, 0.05) is 15.2 Å². The van der Waals surface area contributed by atoms with Crippen molar-refractivity contribution in [3.63, 3.8) is 0 Å². The zero-order chi connectivity index (χ0) is 16.8. The van der Waals surface area contributed by atoms with E-state index in [-0.39, 0.29) is 0 Å². The number of hydrogen-bond donors (Lipinski definition) is 0. The van der Waals surface area contributed by atoms with E-state index in [4.69, 9.17) is 0 Å². The van der Waals surface area contributed by atoms with Crippen LogP contribution < -0.4 is 0 Å². The Labute approximate surface area is 142 Å². The van der Waals surface area contributed by atoms with Crippen molar-refractivity contribution in [1.29, 1.82) is 0 Å². The molecule has 0 spiro atoms. The van der Waals surface area contributed by atoms with Gasteiger partial charge in [-0.2, -0.15) is 0 Å². The summed E-state index contributed by atoms with van der Waals surface area (Å²) in [6, 6.07) is 1.57. The van der Waals surface area contributed by atoms with Crippen LogP contribution in [-0.4, -0.2) is 22.3 Å². The van der Waals surface area contributed by atoms with E-state index in [1.165, 1.54) is 25.7 Å². The van der Waals surface area contributed by atoms with Crippen LogP contribution in [0.15, 0.2) is 12.3 Å². The van der Waals surface area contributed by atoms with Crippen LogP contribution in [0.5, 0.6) is 0 Å². The van der Waals surface area contributed by atoms with E-state index in [9.17, 15) is 0 Å². The zero-order valence-electron chi connectivity index (χ0n) is 16.3. The van der Waals surface area contributed by atoms with Gasteiger partial charge in [-0.15, -0.1) is 12.3 Å². The predicted octanol–water partition coefficient (Wildman–Crippen LogP) is 6.46. The molecule has 2 aliphatic carbocycles. The van der Waals surface area contributed by atoms with E-state index < -0.39 is 22.3 Å². The summed E-state index contributed by atoms with van der Waals surface area (Å²) in [5.41, 5.74) is 2.56. The van der Waals surface area contributed by atoms with Gasteiger partial charge in [-0.1, -0.05) is 71.5 Å². The van der Waals surface area contributed by atoms with E-state index in [0.29, 0.717) is 0 Å². The van der Waals surface area contributed by atoms with E-state index in [1.54, 1.807) is 12.5 Å². The Hall–Kier alpha value is 0.391. The lowest BCUT2D eigenvalue weighted by Crippen LogP contribution is -2.70. The van der Waals surface area contributed by atoms with E-state index >= 15 is 0 Å². The van der Waals surface area contributed by atoms with E-state index in [0.717, 1.165) is 23.7 Å². The summed E-state index contributed by atoms with van der Waals surface area (Å²) in [6.07, 6.45) is 7.68. The van der Waals surface area contributed by atoms with Gasteiger partial charge < -0.3 is 0 Å². The monoisotopic (exact) mass is 352 g/mol. The van der Waals surface area contributed by atoms with Crippen LogP contribution in [0.4, 0.5) is 0 Å². The van der Waals surface area contributed by atoms with E-state index in [1.807, 2.05) is 0 Å². The Morgan fingerprint density at radius 2 is 1.59 bits per heavy atom. The maximum Gasteiger partial charge on any atom is 0.0638 e. The normalized spacial score (nSPS) is 33.0. The molecule has 4 atom stereocenters. The molecule has 2 fully saturated rings. The average molecular weight is 353 g/mol. The van der Waals surface area contributed by atoms with Crippen molar-refractivity contribution >= 4 is 22.3 Å². The van der Waals surface area contributed by atoms with Gasteiger partial charge in [-0.3, -0.25) is 0 Å². The molecule has 0 aliphatic heterocycles. The van der Waals surface area contributed by atoms with Crippen LogP contribution in [0.1, 0.15) is 39.0 Å². The molecule has 22 heavy (non-hydrogen) atoms. The summed E-state index contributed by atoms with van der Waals surface area (Å²) >= 11 is 0.